The van der Waals surface area contributed by atoms with Crippen molar-refractivity contribution in [1.82, 2.24) is 4.90 Å². The maximum Gasteiger partial charge on any atom is 0.310 e. The topological polar surface area (TPSA) is 55.8 Å². The third-order valence-electron chi connectivity index (χ3n) is 3.02. The number of esters is 1. The molecule has 0 N–H and O–H groups in total. The summed E-state index contributed by atoms with van der Waals surface area (Å²) < 4.78 is 9.98. The number of benzene rings is 1. The summed E-state index contributed by atoms with van der Waals surface area (Å²) in [6, 6.07) is 7.30. The number of carbonyl (C=O) groups excluding carboxylic acids is 2. The summed E-state index contributed by atoms with van der Waals surface area (Å²) in [6.07, 6.45) is 0. The molecule has 0 fully saturated rings. The van der Waals surface area contributed by atoms with E-state index in [-0.39, 0.29) is 31.0 Å². The lowest BCUT2D eigenvalue weighted by molar-refractivity contribution is -0.146. The zero-order chi connectivity index (χ0) is 15.8. The summed E-state index contributed by atoms with van der Waals surface area (Å²) in [4.78, 5) is 24.6. The summed E-state index contributed by atoms with van der Waals surface area (Å²) in [6.45, 7) is 2.21. The fourth-order valence-electron chi connectivity index (χ4n) is 1.76. The Hall–Kier alpha value is -1.59. The van der Waals surface area contributed by atoms with Crippen molar-refractivity contribution in [1.29, 1.82) is 0 Å². The van der Waals surface area contributed by atoms with E-state index in [1.165, 1.54) is 12.0 Å². The maximum absolute atomic E-state index is 11.9. The molecule has 6 heteroatoms. The summed E-state index contributed by atoms with van der Waals surface area (Å²) >= 11 is 6.00. The Morgan fingerprint density at radius 2 is 2.00 bits per heavy atom. The molecule has 1 rings (SSSR count). The van der Waals surface area contributed by atoms with Crippen molar-refractivity contribution < 1.29 is 19.1 Å². The van der Waals surface area contributed by atoms with E-state index in [1.54, 1.807) is 20.0 Å². The number of hydrogen-bond donors (Lipinski definition) is 0. The lowest BCUT2D eigenvalue weighted by Crippen LogP contribution is -2.36. The van der Waals surface area contributed by atoms with Gasteiger partial charge in [0.1, 0.15) is 6.61 Å². The Morgan fingerprint density at radius 1 is 1.33 bits per heavy atom. The molecule has 0 aliphatic carbocycles. The van der Waals surface area contributed by atoms with Gasteiger partial charge in [0.2, 0.25) is 5.91 Å². The van der Waals surface area contributed by atoms with Crippen LogP contribution in [-0.4, -0.2) is 44.1 Å². The van der Waals surface area contributed by atoms with E-state index in [0.29, 0.717) is 11.6 Å². The van der Waals surface area contributed by atoms with Crippen molar-refractivity contribution in [3.05, 3.63) is 34.9 Å². The molecular formula is C15H20ClNO4. The van der Waals surface area contributed by atoms with Gasteiger partial charge in [-0.05, 0) is 11.6 Å². The van der Waals surface area contributed by atoms with Gasteiger partial charge in [0.15, 0.2) is 0 Å². The van der Waals surface area contributed by atoms with Crippen molar-refractivity contribution in [2.24, 2.45) is 5.92 Å². The van der Waals surface area contributed by atoms with Gasteiger partial charge < -0.3 is 14.4 Å². The smallest absolute Gasteiger partial charge is 0.310 e. The Balaban J connectivity index is 2.36. The van der Waals surface area contributed by atoms with Gasteiger partial charge in [0.25, 0.3) is 0 Å². The second kappa shape index (κ2) is 8.64. The summed E-state index contributed by atoms with van der Waals surface area (Å²) in [5.41, 5.74) is 0.831. The van der Waals surface area contributed by atoms with Crippen molar-refractivity contribution in [3.8, 4) is 0 Å². The average molecular weight is 314 g/mol. The fraction of sp³-hybridized carbons (Fsp3) is 0.467. The number of nitrogens with zero attached hydrogens (tertiary/aromatic N) is 1. The minimum absolute atomic E-state index is 0.0599. The number of ether oxygens (including phenoxy) is 2. The van der Waals surface area contributed by atoms with Crippen molar-refractivity contribution in [3.63, 3.8) is 0 Å². The third kappa shape index (κ3) is 5.73. The maximum atomic E-state index is 11.9. The third-order valence-corrected chi connectivity index (χ3v) is 3.39. The lowest BCUT2D eigenvalue weighted by atomic mass is 10.2. The van der Waals surface area contributed by atoms with Gasteiger partial charge in [-0.25, -0.2) is 0 Å². The zero-order valence-electron chi connectivity index (χ0n) is 12.5. The molecule has 5 nitrogen and oxygen atoms in total. The standard InChI is InChI=1S/C15H20ClNO4/c1-11(15(19)20-3)8-17(2)14(18)10-21-9-12-6-4-5-7-13(12)16/h4-7,11H,8-10H2,1-3H3. The van der Waals surface area contributed by atoms with Crippen LogP contribution in [0.3, 0.4) is 0 Å². The van der Waals surface area contributed by atoms with Crippen LogP contribution in [-0.2, 0) is 25.7 Å². The van der Waals surface area contributed by atoms with E-state index in [4.69, 9.17) is 16.3 Å². The predicted octanol–water partition coefficient (Wildman–Crippen LogP) is 2.12. The van der Waals surface area contributed by atoms with Crippen LogP contribution in [0.15, 0.2) is 24.3 Å². The molecule has 0 aromatic heterocycles. The number of amides is 1. The van der Waals surface area contributed by atoms with Gasteiger partial charge in [-0.1, -0.05) is 36.7 Å². The van der Waals surface area contributed by atoms with Crippen LogP contribution in [0.1, 0.15) is 12.5 Å². The summed E-state index contributed by atoms with van der Waals surface area (Å²) in [7, 11) is 2.95. The number of carbonyl (C=O) groups is 2. The quantitative estimate of drug-likeness (QED) is 0.724. The van der Waals surface area contributed by atoms with Crippen LogP contribution in [0.5, 0.6) is 0 Å². The van der Waals surface area contributed by atoms with Crippen molar-refractivity contribution in [2.75, 3.05) is 27.3 Å². The molecule has 1 aromatic rings. The SMILES string of the molecule is COC(=O)C(C)CN(C)C(=O)COCc1ccccc1Cl. The van der Waals surface area contributed by atoms with E-state index >= 15 is 0 Å². The lowest BCUT2D eigenvalue weighted by Gasteiger charge is -2.20. The van der Waals surface area contributed by atoms with Gasteiger partial charge in [-0.2, -0.15) is 0 Å². The molecule has 0 spiro atoms. The fourth-order valence-corrected chi connectivity index (χ4v) is 1.95. The van der Waals surface area contributed by atoms with Crippen molar-refractivity contribution in [2.45, 2.75) is 13.5 Å². The Morgan fingerprint density at radius 3 is 2.62 bits per heavy atom. The molecule has 0 heterocycles. The van der Waals surface area contributed by atoms with E-state index in [2.05, 4.69) is 4.74 Å². The normalized spacial score (nSPS) is 11.8. The zero-order valence-corrected chi connectivity index (χ0v) is 13.2. The molecule has 1 atom stereocenters. The number of halogens is 1. The number of methoxy groups -OCH3 is 1. The molecule has 116 valence electrons. The largest absolute Gasteiger partial charge is 0.469 e. The van der Waals surface area contributed by atoms with Gasteiger partial charge in [-0.3, -0.25) is 9.59 Å². The highest BCUT2D eigenvalue weighted by Crippen LogP contribution is 2.15. The van der Waals surface area contributed by atoms with Gasteiger partial charge in [0.05, 0.1) is 19.6 Å². The van der Waals surface area contributed by atoms with Crippen LogP contribution in [0.25, 0.3) is 0 Å². The second-order valence-corrected chi connectivity index (χ2v) is 5.19. The van der Waals surface area contributed by atoms with Gasteiger partial charge in [0, 0.05) is 18.6 Å². The summed E-state index contributed by atoms with van der Waals surface area (Å²) in [5, 5.41) is 0.609. The van der Waals surface area contributed by atoms with Gasteiger partial charge >= 0.3 is 5.97 Å². The molecule has 21 heavy (non-hydrogen) atoms. The second-order valence-electron chi connectivity index (χ2n) is 4.78. The van der Waals surface area contributed by atoms with Crippen LogP contribution >= 0.6 is 11.6 Å². The Kier molecular flexibility index (Phi) is 7.19. The predicted molar refractivity (Wildman–Crippen MR) is 79.9 cm³/mol. The highest BCUT2D eigenvalue weighted by atomic mass is 35.5. The first-order valence-electron chi connectivity index (χ1n) is 6.58. The first kappa shape index (κ1) is 17.5. The first-order valence-corrected chi connectivity index (χ1v) is 6.96. The number of hydrogen-bond acceptors (Lipinski definition) is 4. The molecule has 0 radical (unpaired) electrons. The average Bonchev–Trinajstić information content (AvgIpc) is 2.47. The molecule has 1 aromatic carbocycles. The molecule has 0 aliphatic rings. The van der Waals surface area contributed by atoms with Gasteiger partial charge in [-0.15, -0.1) is 0 Å². The van der Waals surface area contributed by atoms with E-state index in [9.17, 15) is 9.59 Å². The van der Waals surface area contributed by atoms with Crippen LogP contribution in [0, 0.1) is 5.92 Å². The van der Waals surface area contributed by atoms with E-state index < -0.39 is 0 Å². The molecule has 0 aliphatic heterocycles. The highest BCUT2D eigenvalue weighted by molar-refractivity contribution is 6.31. The van der Waals surface area contributed by atoms with Crippen LogP contribution in [0.2, 0.25) is 5.02 Å². The van der Waals surface area contributed by atoms with E-state index in [1.807, 2.05) is 18.2 Å². The monoisotopic (exact) mass is 313 g/mol. The van der Waals surface area contributed by atoms with Crippen molar-refractivity contribution >= 4 is 23.5 Å². The minimum atomic E-state index is -0.368. The molecule has 0 saturated carbocycles. The van der Waals surface area contributed by atoms with Crippen LogP contribution < -0.4 is 0 Å². The number of rotatable bonds is 7. The molecule has 1 amide bonds. The molecule has 0 bridgehead atoms. The number of likely N-dealkylation sites (N-methyl/N-ethyl adjacent to an activating group) is 1. The Bertz CT molecular complexity index is 492. The van der Waals surface area contributed by atoms with E-state index in [0.717, 1.165) is 5.56 Å². The highest BCUT2D eigenvalue weighted by Gasteiger charge is 2.18. The summed E-state index contributed by atoms with van der Waals surface area (Å²) in [5.74, 6) is -0.906. The molecule has 0 saturated heterocycles. The minimum Gasteiger partial charge on any atom is -0.469 e. The molecular weight excluding hydrogens is 294 g/mol. The van der Waals surface area contributed by atoms with Crippen LogP contribution in [0.4, 0.5) is 0 Å². The molecule has 1 unspecified atom stereocenters. The first-order chi connectivity index (χ1) is 9.95. The Labute approximate surface area is 129 Å².